The Morgan fingerprint density at radius 2 is 2.00 bits per heavy atom. The largest absolute Gasteiger partial charge is 0.489 e. The van der Waals surface area contributed by atoms with Crippen LogP contribution < -0.4 is 9.47 Å². The number of fused-ring (bicyclic) bond motifs is 1. The lowest BCUT2D eigenvalue weighted by Crippen LogP contribution is -2.28. The minimum absolute atomic E-state index is 0.131. The van der Waals surface area contributed by atoms with Crippen molar-refractivity contribution >= 4 is 17.5 Å². The lowest BCUT2D eigenvalue weighted by molar-refractivity contribution is -0.129. The molecule has 0 fully saturated rings. The molecule has 1 aliphatic rings. The zero-order chi connectivity index (χ0) is 17.8. The lowest BCUT2D eigenvalue weighted by Gasteiger charge is -2.18. The van der Waals surface area contributed by atoms with Crippen LogP contribution >= 0.6 is 11.6 Å². The fourth-order valence-electron chi connectivity index (χ4n) is 2.67. The van der Waals surface area contributed by atoms with E-state index in [2.05, 4.69) is 0 Å². The second-order valence-electron chi connectivity index (χ2n) is 5.97. The second-order valence-corrected chi connectivity index (χ2v) is 6.38. The van der Waals surface area contributed by atoms with Crippen molar-refractivity contribution in [3.63, 3.8) is 0 Å². The van der Waals surface area contributed by atoms with Gasteiger partial charge in [0.2, 0.25) is 5.91 Å². The third-order valence-electron chi connectivity index (χ3n) is 4.01. The maximum absolute atomic E-state index is 13.7. The van der Waals surface area contributed by atoms with E-state index >= 15 is 0 Å². The smallest absolute Gasteiger partial charge is 0.227 e. The van der Waals surface area contributed by atoms with E-state index in [0.29, 0.717) is 35.3 Å². The number of halogens is 2. The molecule has 0 unspecified atom stereocenters. The number of nitrogens with zero attached hydrogens (tertiary/aromatic N) is 1. The summed E-state index contributed by atoms with van der Waals surface area (Å²) in [6, 6.07) is 9.92. The molecule has 3 rings (SSSR count). The van der Waals surface area contributed by atoms with Crippen LogP contribution in [0.4, 0.5) is 4.39 Å². The maximum atomic E-state index is 13.7. The third-order valence-corrected chi connectivity index (χ3v) is 4.29. The van der Waals surface area contributed by atoms with E-state index < -0.39 is 0 Å². The van der Waals surface area contributed by atoms with Gasteiger partial charge in [0.1, 0.15) is 5.82 Å². The molecule has 1 heterocycles. The van der Waals surface area contributed by atoms with Gasteiger partial charge in [0, 0.05) is 25.6 Å². The molecule has 1 aliphatic heterocycles. The first-order valence-corrected chi connectivity index (χ1v) is 8.48. The Balaban J connectivity index is 1.71. The van der Waals surface area contributed by atoms with Gasteiger partial charge in [0.25, 0.3) is 0 Å². The summed E-state index contributed by atoms with van der Waals surface area (Å²) in [5, 5.41) is 0.430. The van der Waals surface area contributed by atoms with Gasteiger partial charge in [-0.3, -0.25) is 4.79 Å². The predicted octanol–water partition coefficient (Wildman–Crippen LogP) is 3.84. The van der Waals surface area contributed by atoms with Crippen molar-refractivity contribution in [1.29, 1.82) is 0 Å². The first-order chi connectivity index (χ1) is 12.0. The summed E-state index contributed by atoms with van der Waals surface area (Å²) in [5.74, 6) is 0.634. The lowest BCUT2D eigenvalue weighted by atomic mass is 10.1. The number of carbonyl (C=O) groups excluding carboxylic acids is 1. The van der Waals surface area contributed by atoms with E-state index in [4.69, 9.17) is 21.1 Å². The molecule has 1 amide bonds. The predicted molar refractivity (Wildman–Crippen MR) is 93.6 cm³/mol. The number of likely N-dealkylation sites (N-methyl/N-ethyl adjacent to an activating group) is 1. The van der Waals surface area contributed by atoms with Gasteiger partial charge < -0.3 is 14.4 Å². The first-order valence-electron chi connectivity index (χ1n) is 8.10. The summed E-state index contributed by atoms with van der Waals surface area (Å²) in [6.07, 6.45) is 0.936. The zero-order valence-electron chi connectivity index (χ0n) is 13.9. The van der Waals surface area contributed by atoms with Gasteiger partial charge in [-0.05, 0) is 23.8 Å². The maximum Gasteiger partial charge on any atom is 0.227 e. The van der Waals surface area contributed by atoms with E-state index in [0.717, 1.165) is 12.0 Å². The van der Waals surface area contributed by atoms with E-state index in [1.54, 1.807) is 37.4 Å². The molecule has 6 heteroatoms. The van der Waals surface area contributed by atoms with Gasteiger partial charge in [0.15, 0.2) is 11.5 Å². The fourth-order valence-corrected chi connectivity index (χ4v) is 2.95. The molecule has 0 saturated carbocycles. The fraction of sp³-hybridized carbons (Fsp3) is 0.316. The van der Waals surface area contributed by atoms with Crippen LogP contribution in [0.2, 0.25) is 5.02 Å². The van der Waals surface area contributed by atoms with Crippen molar-refractivity contribution in [1.82, 2.24) is 4.90 Å². The van der Waals surface area contributed by atoms with Crippen molar-refractivity contribution in [2.45, 2.75) is 19.4 Å². The summed E-state index contributed by atoms with van der Waals surface area (Å²) in [5.41, 5.74) is 1.22. The molecular weight excluding hydrogens is 345 g/mol. The Hall–Kier alpha value is -2.27. The van der Waals surface area contributed by atoms with Crippen molar-refractivity contribution in [2.24, 2.45) is 0 Å². The topological polar surface area (TPSA) is 38.8 Å². The normalized spacial score (nSPS) is 13.2. The Kier molecular flexibility index (Phi) is 5.43. The highest BCUT2D eigenvalue weighted by Crippen LogP contribution is 2.38. The van der Waals surface area contributed by atoms with Crippen LogP contribution in [0.15, 0.2) is 36.4 Å². The molecule has 2 aromatic rings. The average Bonchev–Trinajstić information content (AvgIpc) is 2.82. The van der Waals surface area contributed by atoms with Crippen LogP contribution in [0.5, 0.6) is 11.5 Å². The summed E-state index contributed by atoms with van der Waals surface area (Å²) in [6.45, 7) is 1.31. The molecule has 0 aliphatic carbocycles. The summed E-state index contributed by atoms with van der Waals surface area (Å²) in [7, 11) is 1.65. The van der Waals surface area contributed by atoms with E-state index in [-0.39, 0.29) is 24.7 Å². The minimum Gasteiger partial charge on any atom is -0.489 e. The van der Waals surface area contributed by atoms with Gasteiger partial charge in [-0.25, -0.2) is 4.39 Å². The molecule has 25 heavy (non-hydrogen) atoms. The second kappa shape index (κ2) is 7.74. The highest BCUT2D eigenvalue weighted by molar-refractivity contribution is 6.32. The molecule has 0 aromatic heterocycles. The van der Waals surface area contributed by atoms with Crippen molar-refractivity contribution < 1.29 is 18.7 Å². The van der Waals surface area contributed by atoms with Crippen molar-refractivity contribution in [3.05, 3.63) is 58.4 Å². The molecular formula is C19H19ClFNO3. The Bertz CT molecular complexity index is 781. The number of carbonyl (C=O) groups is 1. The minimum atomic E-state index is -0.319. The molecule has 4 nitrogen and oxygen atoms in total. The molecule has 0 N–H and O–H groups in total. The highest BCUT2D eigenvalue weighted by atomic mass is 35.5. The van der Waals surface area contributed by atoms with Gasteiger partial charge in [0.05, 0.1) is 24.7 Å². The van der Waals surface area contributed by atoms with Crippen LogP contribution in [0, 0.1) is 5.82 Å². The third kappa shape index (κ3) is 4.23. The number of hydrogen-bond acceptors (Lipinski definition) is 3. The number of amides is 1. The number of benzene rings is 2. The van der Waals surface area contributed by atoms with E-state index in [1.165, 1.54) is 11.0 Å². The monoisotopic (exact) mass is 363 g/mol. The van der Waals surface area contributed by atoms with Crippen LogP contribution in [0.3, 0.4) is 0 Å². The molecule has 0 bridgehead atoms. The molecule has 0 spiro atoms. The molecule has 2 aromatic carbocycles. The summed E-state index contributed by atoms with van der Waals surface area (Å²) >= 11 is 6.25. The van der Waals surface area contributed by atoms with Crippen LogP contribution in [-0.2, 0) is 17.8 Å². The zero-order valence-corrected chi connectivity index (χ0v) is 14.7. The van der Waals surface area contributed by atoms with Crippen LogP contribution in [-0.4, -0.2) is 31.1 Å². The Labute approximate surface area is 151 Å². The van der Waals surface area contributed by atoms with E-state index in [1.807, 2.05) is 0 Å². The van der Waals surface area contributed by atoms with Gasteiger partial charge in [-0.15, -0.1) is 0 Å². The highest BCUT2D eigenvalue weighted by Gasteiger charge is 2.18. The summed E-state index contributed by atoms with van der Waals surface area (Å²) < 4.78 is 25.0. The van der Waals surface area contributed by atoms with Gasteiger partial charge in [-0.2, -0.15) is 0 Å². The van der Waals surface area contributed by atoms with Crippen LogP contribution in [0.1, 0.15) is 17.5 Å². The molecule has 0 saturated heterocycles. The van der Waals surface area contributed by atoms with Gasteiger partial charge in [-0.1, -0.05) is 29.8 Å². The Morgan fingerprint density at radius 3 is 2.80 bits per heavy atom. The van der Waals surface area contributed by atoms with E-state index in [9.17, 15) is 9.18 Å². The molecule has 0 atom stereocenters. The van der Waals surface area contributed by atoms with Crippen LogP contribution in [0.25, 0.3) is 0 Å². The Morgan fingerprint density at radius 1 is 1.24 bits per heavy atom. The molecule has 0 radical (unpaired) electrons. The standard InChI is InChI=1S/C19H19ClFNO3/c1-22(12-14-5-2-3-6-16(14)21)18(23)11-13-9-15(20)19-17(10-13)24-7-4-8-25-19/h2-3,5-6,9-10H,4,7-8,11-12H2,1H3. The molecule has 132 valence electrons. The summed E-state index contributed by atoms with van der Waals surface area (Å²) in [4.78, 5) is 14.0. The van der Waals surface area contributed by atoms with Crippen molar-refractivity contribution in [3.8, 4) is 11.5 Å². The SMILES string of the molecule is CN(Cc1ccccc1F)C(=O)Cc1cc(Cl)c2c(c1)OCCCO2. The van der Waals surface area contributed by atoms with Crippen molar-refractivity contribution in [2.75, 3.05) is 20.3 Å². The number of hydrogen-bond donors (Lipinski definition) is 0. The quantitative estimate of drug-likeness (QED) is 0.828. The average molecular weight is 364 g/mol. The first kappa shape index (κ1) is 17.5. The number of ether oxygens (including phenoxy) is 2. The number of rotatable bonds is 4. The van der Waals surface area contributed by atoms with Gasteiger partial charge >= 0.3 is 0 Å².